The molecule has 0 radical (unpaired) electrons. The molecule has 4 nitrogen and oxygen atoms in total. The van der Waals surface area contributed by atoms with Crippen LogP contribution in [0.5, 0.6) is 0 Å². The zero-order valence-corrected chi connectivity index (χ0v) is 10.8. The smallest absolute Gasteiger partial charge is 0.335 e. The molecule has 1 aromatic rings. The van der Waals surface area contributed by atoms with Gasteiger partial charge in [-0.3, -0.25) is 0 Å². The van der Waals surface area contributed by atoms with E-state index in [-0.39, 0.29) is 0 Å². The first-order valence-corrected chi connectivity index (χ1v) is 6.19. The highest BCUT2D eigenvalue weighted by Gasteiger charge is 2.23. The largest absolute Gasteiger partial charge is 0.478 e. The molecule has 1 fully saturated rings. The minimum absolute atomic E-state index is 0.351. The molecular formula is C14H19NO3. The molecule has 1 heterocycles. The Bertz CT molecular complexity index is 445. The predicted molar refractivity (Wildman–Crippen MR) is 70.3 cm³/mol. The van der Waals surface area contributed by atoms with Crippen LogP contribution in [0.25, 0.3) is 0 Å². The van der Waals surface area contributed by atoms with E-state index in [2.05, 4.69) is 4.90 Å². The van der Waals surface area contributed by atoms with Gasteiger partial charge in [0.15, 0.2) is 0 Å². The zero-order chi connectivity index (χ0) is 13.1. The summed E-state index contributed by atoms with van der Waals surface area (Å²) in [5.41, 5.74) is 2.51. The molecule has 0 saturated carbocycles. The van der Waals surface area contributed by atoms with Crippen LogP contribution in [-0.2, 0) is 4.74 Å². The zero-order valence-electron chi connectivity index (χ0n) is 10.8. The van der Waals surface area contributed by atoms with Gasteiger partial charge in [-0.1, -0.05) is 0 Å². The second-order valence-corrected chi connectivity index (χ2v) is 4.86. The number of hydrogen-bond acceptors (Lipinski definition) is 3. The van der Waals surface area contributed by atoms with Crippen LogP contribution in [0.3, 0.4) is 0 Å². The summed E-state index contributed by atoms with van der Waals surface area (Å²) in [6, 6.07) is 5.32. The first-order valence-electron chi connectivity index (χ1n) is 6.19. The molecule has 1 N–H and O–H groups in total. The van der Waals surface area contributed by atoms with Crippen molar-refractivity contribution in [2.45, 2.75) is 13.3 Å². The molecule has 0 bridgehead atoms. The lowest BCUT2D eigenvalue weighted by atomic mass is 10.1. The second kappa shape index (κ2) is 5.40. The van der Waals surface area contributed by atoms with Crippen molar-refractivity contribution < 1.29 is 14.6 Å². The third-order valence-corrected chi connectivity index (χ3v) is 3.47. The lowest BCUT2D eigenvalue weighted by molar-refractivity contribution is 0.0697. The number of nitrogens with zero attached hydrogens (tertiary/aromatic N) is 1. The van der Waals surface area contributed by atoms with Crippen LogP contribution in [0, 0.1) is 12.8 Å². The van der Waals surface area contributed by atoms with E-state index >= 15 is 0 Å². The van der Waals surface area contributed by atoms with Gasteiger partial charge in [-0.2, -0.15) is 0 Å². The van der Waals surface area contributed by atoms with Gasteiger partial charge in [0.05, 0.1) is 12.2 Å². The standard InChI is InChI=1S/C14H19NO3/c1-10-7-12(14(16)17)3-4-13(10)15-6-5-11(8-15)9-18-2/h3-4,7,11H,5-6,8-9H2,1-2H3,(H,16,17). The maximum atomic E-state index is 10.9. The number of carboxylic acid groups (broad SMARTS) is 1. The highest BCUT2D eigenvalue weighted by molar-refractivity contribution is 5.88. The number of aromatic carboxylic acids is 1. The number of ether oxygens (including phenoxy) is 1. The number of aryl methyl sites for hydroxylation is 1. The number of methoxy groups -OCH3 is 1. The molecule has 2 rings (SSSR count). The molecule has 1 aromatic carbocycles. The number of carbonyl (C=O) groups is 1. The first-order chi connectivity index (χ1) is 8.61. The van der Waals surface area contributed by atoms with Crippen LogP contribution in [0.15, 0.2) is 18.2 Å². The third-order valence-electron chi connectivity index (χ3n) is 3.47. The van der Waals surface area contributed by atoms with Crippen molar-refractivity contribution >= 4 is 11.7 Å². The number of hydrogen-bond donors (Lipinski definition) is 1. The summed E-state index contributed by atoms with van der Waals surface area (Å²) < 4.78 is 5.19. The Kier molecular flexibility index (Phi) is 3.87. The molecule has 0 spiro atoms. The van der Waals surface area contributed by atoms with Gasteiger partial charge in [0.1, 0.15) is 0 Å². The number of rotatable bonds is 4. The second-order valence-electron chi connectivity index (χ2n) is 4.86. The van der Waals surface area contributed by atoms with Gasteiger partial charge < -0.3 is 14.7 Å². The fraction of sp³-hybridized carbons (Fsp3) is 0.500. The minimum Gasteiger partial charge on any atom is -0.478 e. The number of benzene rings is 1. The molecule has 1 atom stereocenters. The van der Waals surface area contributed by atoms with Gasteiger partial charge in [-0.15, -0.1) is 0 Å². The van der Waals surface area contributed by atoms with Crippen molar-refractivity contribution in [2.24, 2.45) is 5.92 Å². The molecule has 4 heteroatoms. The summed E-state index contributed by atoms with van der Waals surface area (Å²) in [5.74, 6) is -0.295. The van der Waals surface area contributed by atoms with Crippen molar-refractivity contribution in [3.8, 4) is 0 Å². The van der Waals surface area contributed by atoms with E-state index in [4.69, 9.17) is 9.84 Å². The predicted octanol–water partition coefficient (Wildman–Crippen LogP) is 2.17. The average Bonchev–Trinajstić information content (AvgIpc) is 2.77. The molecule has 0 aromatic heterocycles. The van der Waals surface area contributed by atoms with Crippen LogP contribution < -0.4 is 4.90 Å². The summed E-state index contributed by atoms with van der Waals surface area (Å²) in [4.78, 5) is 13.2. The van der Waals surface area contributed by atoms with Gasteiger partial charge in [0, 0.05) is 31.8 Å². The maximum Gasteiger partial charge on any atom is 0.335 e. The van der Waals surface area contributed by atoms with Gasteiger partial charge in [0.25, 0.3) is 0 Å². The Morgan fingerprint density at radius 2 is 2.33 bits per heavy atom. The summed E-state index contributed by atoms with van der Waals surface area (Å²) in [7, 11) is 1.73. The maximum absolute atomic E-state index is 10.9. The third kappa shape index (κ3) is 2.64. The molecule has 18 heavy (non-hydrogen) atoms. The quantitative estimate of drug-likeness (QED) is 0.888. The average molecular weight is 249 g/mol. The monoisotopic (exact) mass is 249 g/mol. The van der Waals surface area contributed by atoms with Crippen LogP contribution in [0.4, 0.5) is 5.69 Å². The number of anilines is 1. The highest BCUT2D eigenvalue weighted by Crippen LogP contribution is 2.27. The van der Waals surface area contributed by atoms with Gasteiger partial charge >= 0.3 is 5.97 Å². The van der Waals surface area contributed by atoms with Gasteiger partial charge in [0.2, 0.25) is 0 Å². The fourth-order valence-electron chi connectivity index (χ4n) is 2.57. The molecule has 1 unspecified atom stereocenters. The first kappa shape index (κ1) is 12.9. The number of carboxylic acids is 1. The van der Waals surface area contributed by atoms with Crippen molar-refractivity contribution in [1.29, 1.82) is 0 Å². The molecular weight excluding hydrogens is 230 g/mol. The van der Waals surface area contributed by atoms with Crippen LogP contribution in [0.1, 0.15) is 22.3 Å². The highest BCUT2D eigenvalue weighted by atomic mass is 16.5. The molecule has 0 aliphatic carbocycles. The molecule has 1 aliphatic rings. The van der Waals surface area contributed by atoms with Crippen molar-refractivity contribution in [3.05, 3.63) is 29.3 Å². The molecule has 1 aliphatic heterocycles. The van der Waals surface area contributed by atoms with E-state index in [9.17, 15) is 4.79 Å². The Hall–Kier alpha value is -1.55. The Labute approximate surface area is 107 Å². The van der Waals surface area contributed by atoms with Crippen LogP contribution >= 0.6 is 0 Å². The lowest BCUT2D eigenvalue weighted by Crippen LogP contribution is -2.21. The summed E-state index contributed by atoms with van der Waals surface area (Å²) in [5, 5.41) is 8.95. The minimum atomic E-state index is -0.872. The summed E-state index contributed by atoms with van der Waals surface area (Å²) in [6.45, 7) is 4.76. The van der Waals surface area contributed by atoms with Crippen molar-refractivity contribution in [2.75, 3.05) is 31.7 Å². The van der Waals surface area contributed by atoms with E-state index in [0.29, 0.717) is 11.5 Å². The summed E-state index contributed by atoms with van der Waals surface area (Å²) in [6.07, 6.45) is 1.13. The molecule has 1 saturated heterocycles. The normalized spacial score (nSPS) is 19.2. The SMILES string of the molecule is COCC1CCN(c2ccc(C(=O)O)cc2C)C1. The van der Waals surface area contributed by atoms with Gasteiger partial charge in [-0.05, 0) is 37.1 Å². The Morgan fingerprint density at radius 1 is 1.56 bits per heavy atom. The molecule has 98 valence electrons. The fourth-order valence-corrected chi connectivity index (χ4v) is 2.57. The van der Waals surface area contributed by atoms with Crippen molar-refractivity contribution in [1.82, 2.24) is 0 Å². The Morgan fingerprint density at radius 3 is 2.94 bits per heavy atom. The molecule has 0 amide bonds. The van der Waals surface area contributed by atoms with E-state index in [1.54, 1.807) is 19.2 Å². The van der Waals surface area contributed by atoms with Gasteiger partial charge in [-0.25, -0.2) is 4.79 Å². The Balaban J connectivity index is 2.12. The lowest BCUT2D eigenvalue weighted by Gasteiger charge is -2.21. The van der Waals surface area contributed by atoms with E-state index in [0.717, 1.165) is 37.4 Å². The van der Waals surface area contributed by atoms with Crippen LogP contribution in [0.2, 0.25) is 0 Å². The van der Waals surface area contributed by atoms with E-state index < -0.39 is 5.97 Å². The summed E-state index contributed by atoms with van der Waals surface area (Å²) >= 11 is 0. The van der Waals surface area contributed by atoms with E-state index in [1.807, 2.05) is 13.0 Å². The van der Waals surface area contributed by atoms with Crippen LogP contribution in [-0.4, -0.2) is 37.9 Å². The van der Waals surface area contributed by atoms with E-state index in [1.165, 1.54) is 0 Å². The van der Waals surface area contributed by atoms with Crippen molar-refractivity contribution in [3.63, 3.8) is 0 Å². The topological polar surface area (TPSA) is 49.8 Å².